The van der Waals surface area contributed by atoms with Gasteiger partial charge >= 0.3 is 0 Å². The van der Waals surface area contributed by atoms with E-state index in [2.05, 4.69) is 36.8 Å². The summed E-state index contributed by atoms with van der Waals surface area (Å²) in [5, 5.41) is 12.5. The third kappa shape index (κ3) is 4.79. The lowest BCUT2D eigenvalue weighted by molar-refractivity contribution is 0.0947. The van der Waals surface area contributed by atoms with Gasteiger partial charge in [0.25, 0.3) is 11.8 Å². The van der Waals surface area contributed by atoms with Crippen LogP contribution in [0.5, 0.6) is 0 Å². The number of carbonyl (C=O) groups excluding carboxylic acids is 2. The third-order valence-electron chi connectivity index (χ3n) is 4.10. The fourth-order valence-electron chi connectivity index (χ4n) is 2.55. The second kappa shape index (κ2) is 9.03. The molecule has 0 aliphatic carbocycles. The summed E-state index contributed by atoms with van der Waals surface area (Å²) < 4.78 is 0.376. The standard InChI is InChI=1S/C20H18BrClN4O2/c1-12-6-8-13(9-7-12)10-11-23-20(28)17-16(21)18(26-25-17)24-19(27)14-4-2-3-5-15(14)22/h2-9H,10-11H2,1H3,(H,23,28)(H2,24,25,26,27). The average Bonchev–Trinajstić information content (AvgIpc) is 3.04. The smallest absolute Gasteiger partial charge is 0.270 e. The van der Waals surface area contributed by atoms with Crippen molar-refractivity contribution in [3.63, 3.8) is 0 Å². The molecule has 8 heteroatoms. The summed E-state index contributed by atoms with van der Waals surface area (Å²) >= 11 is 9.35. The minimum atomic E-state index is -0.413. The van der Waals surface area contributed by atoms with Crippen molar-refractivity contribution in [3.8, 4) is 0 Å². The molecule has 0 radical (unpaired) electrons. The van der Waals surface area contributed by atoms with Crippen LogP contribution < -0.4 is 10.6 Å². The fraction of sp³-hybridized carbons (Fsp3) is 0.150. The third-order valence-corrected chi connectivity index (χ3v) is 5.21. The zero-order chi connectivity index (χ0) is 20.1. The molecule has 1 heterocycles. The first kappa shape index (κ1) is 20.1. The van der Waals surface area contributed by atoms with Crippen molar-refractivity contribution < 1.29 is 9.59 Å². The highest BCUT2D eigenvalue weighted by Gasteiger charge is 2.19. The van der Waals surface area contributed by atoms with Crippen LogP contribution in [0.2, 0.25) is 5.02 Å². The van der Waals surface area contributed by atoms with E-state index in [9.17, 15) is 9.59 Å². The quantitative estimate of drug-likeness (QED) is 0.510. The van der Waals surface area contributed by atoms with Gasteiger partial charge in [-0.05, 0) is 47.0 Å². The van der Waals surface area contributed by atoms with Crippen LogP contribution in [-0.4, -0.2) is 28.6 Å². The molecule has 0 aliphatic heterocycles. The number of amides is 2. The molecule has 144 valence electrons. The van der Waals surface area contributed by atoms with Gasteiger partial charge in [-0.1, -0.05) is 53.6 Å². The monoisotopic (exact) mass is 460 g/mol. The summed E-state index contributed by atoms with van der Waals surface area (Å²) in [6, 6.07) is 14.8. The highest BCUT2D eigenvalue weighted by atomic mass is 79.9. The molecule has 0 fully saturated rings. The van der Waals surface area contributed by atoms with Gasteiger partial charge in [-0.15, -0.1) is 0 Å². The van der Waals surface area contributed by atoms with Gasteiger partial charge in [0, 0.05) is 6.54 Å². The molecular formula is C20H18BrClN4O2. The number of rotatable bonds is 6. The first-order chi connectivity index (χ1) is 13.5. The summed E-state index contributed by atoms with van der Waals surface area (Å²) in [5.41, 5.74) is 2.89. The molecule has 3 aromatic rings. The number of aromatic nitrogens is 2. The zero-order valence-electron chi connectivity index (χ0n) is 15.1. The first-order valence-electron chi connectivity index (χ1n) is 8.59. The minimum Gasteiger partial charge on any atom is -0.350 e. The Morgan fingerprint density at radius 3 is 2.54 bits per heavy atom. The Hall–Kier alpha value is -2.64. The Balaban J connectivity index is 1.60. The number of carbonyl (C=O) groups is 2. The van der Waals surface area contributed by atoms with Crippen molar-refractivity contribution in [2.24, 2.45) is 0 Å². The molecule has 0 unspecified atom stereocenters. The van der Waals surface area contributed by atoms with E-state index >= 15 is 0 Å². The number of nitrogens with one attached hydrogen (secondary N) is 3. The van der Waals surface area contributed by atoms with Crippen LogP contribution in [0.25, 0.3) is 0 Å². The topological polar surface area (TPSA) is 86.9 Å². The largest absolute Gasteiger partial charge is 0.350 e. The summed E-state index contributed by atoms with van der Waals surface area (Å²) in [7, 11) is 0. The Kier molecular flexibility index (Phi) is 6.49. The predicted octanol–water partition coefficient (Wildman–Crippen LogP) is 4.36. The fourth-order valence-corrected chi connectivity index (χ4v) is 3.22. The molecule has 0 saturated heterocycles. The van der Waals surface area contributed by atoms with Crippen molar-refractivity contribution in [1.82, 2.24) is 15.5 Å². The Labute approximate surface area is 175 Å². The van der Waals surface area contributed by atoms with Gasteiger partial charge in [0.2, 0.25) is 0 Å². The van der Waals surface area contributed by atoms with Gasteiger partial charge < -0.3 is 10.6 Å². The Morgan fingerprint density at radius 1 is 1.11 bits per heavy atom. The van der Waals surface area contributed by atoms with Crippen LogP contribution >= 0.6 is 27.5 Å². The zero-order valence-corrected chi connectivity index (χ0v) is 17.4. The summed E-state index contributed by atoms with van der Waals surface area (Å²) in [5.74, 6) is -0.512. The van der Waals surface area contributed by atoms with Crippen molar-refractivity contribution >= 4 is 45.2 Å². The molecule has 2 aromatic carbocycles. The SMILES string of the molecule is Cc1ccc(CCNC(=O)c2[nH]nc(NC(=O)c3ccccc3Cl)c2Br)cc1. The molecule has 0 atom stereocenters. The van der Waals surface area contributed by atoms with E-state index in [1.807, 2.05) is 31.2 Å². The van der Waals surface area contributed by atoms with Gasteiger partial charge in [0.15, 0.2) is 5.82 Å². The number of halogens is 2. The van der Waals surface area contributed by atoms with E-state index in [-0.39, 0.29) is 17.4 Å². The maximum absolute atomic E-state index is 12.4. The van der Waals surface area contributed by atoms with E-state index in [4.69, 9.17) is 11.6 Å². The van der Waals surface area contributed by atoms with E-state index < -0.39 is 5.91 Å². The van der Waals surface area contributed by atoms with Crippen molar-refractivity contribution in [1.29, 1.82) is 0 Å². The van der Waals surface area contributed by atoms with Crippen LogP contribution in [0.15, 0.2) is 53.0 Å². The molecule has 0 aliphatic rings. The number of anilines is 1. The van der Waals surface area contributed by atoms with Gasteiger partial charge in [0.1, 0.15) is 5.69 Å². The highest BCUT2D eigenvalue weighted by molar-refractivity contribution is 9.10. The Bertz CT molecular complexity index is 1000. The molecule has 3 N–H and O–H groups in total. The number of benzene rings is 2. The van der Waals surface area contributed by atoms with Crippen LogP contribution in [0.3, 0.4) is 0 Å². The molecule has 0 bridgehead atoms. The number of H-pyrrole nitrogens is 1. The average molecular weight is 462 g/mol. The van der Waals surface area contributed by atoms with Crippen molar-refractivity contribution in [2.75, 3.05) is 11.9 Å². The number of aromatic amines is 1. The second-order valence-corrected chi connectivity index (χ2v) is 7.39. The van der Waals surface area contributed by atoms with Crippen LogP contribution in [0.4, 0.5) is 5.82 Å². The van der Waals surface area contributed by atoms with Gasteiger partial charge in [-0.3, -0.25) is 14.7 Å². The lowest BCUT2D eigenvalue weighted by atomic mass is 10.1. The highest BCUT2D eigenvalue weighted by Crippen LogP contribution is 2.25. The van der Waals surface area contributed by atoms with E-state index in [0.29, 0.717) is 28.0 Å². The molecular weight excluding hydrogens is 444 g/mol. The summed E-state index contributed by atoms with van der Waals surface area (Å²) in [6.45, 7) is 2.51. The molecule has 28 heavy (non-hydrogen) atoms. The van der Waals surface area contributed by atoms with Crippen molar-refractivity contribution in [2.45, 2.75) is 13.3 Å². The molecule has 0 saturated carbocycles. The van der Waals surface area contributed by atoms with E-state index in [0.717, 1.165) is 5.56 Å². The lowest BCUT2D eigenvalue weighted by Crippen LogP contribution is -2.26. The molecule has 1 aromatic heterocycles. The number of hydrogen-bond acceptors (Lipinski definition) is 3. The van der Waals surface area contributed by atoms with E-state index in [1.54, 1.807) is 24.3 Å². The van der Waals surface area contributed by atoms with E-state index in [1.165, 1.54) is 5.56 Å². The van der Waals surface area contributed by atoms with Crippen LogP contribution in [0.1, 0.15) is 32.0 Å². The Morgan fingerprint density at radius 2 is 1.82 bits per heavy atom. The molecule has 3 rings (SSSR count). The van der Waals surface area contributed by atoms with Gasteiger partial charge in [-0.25, -0.2) is 0 Å². The predicted molar refractivity (Wildman–Crippen MR) is 113 cm³/mol. The van der Waals surface area contributed by atoms with Crippen LogP contribution in [-0.2, 0) is 6.42 Å². The summed E-state index contributed by atoms with van der Waals surface area (Å²) in [4.78, 5) is 24.7. The van der Waals surface area contributed by atoms with Crippen LogP contribution in [0, 0.1) is 6.92 Å². The normalized spacial score (nSPS) is 10.5. The molecule has 6 nitrogen and oxygen atoms in total. The maximum atomic E-state index is 12.4. The van der Waals surface area contributed by atoms with Crippen molar-refractivity contribution in [3.05, 3.63) is 80.4 Å². The minimum absolute atomic E-state index is 0.216. The second-order valence-electron chi connectivity index (χ2n) is 6.19. The maximum Gasteiger partial charge on any atom is 0.270 e. The lowest BCUT2D eigenvalue weighted by Gasteiger charge is -2.06. The summed E-state index contributed by atoms with van der Waals surface area (Å²) in [6.07, 6.45) is 0.716. The van der Waals surface area contributed by atoms with Gasteiger partial charge in [-0.2, -0.15) is 5.10 Å². The number of aryl methyl sites for hydroxylation is 1. The van der Waals surface area contributed by atoms with Gasteiger partial charge in [0.05, 0.1) is 15.1 Å². The molecule has 2 amide bonds. The first-order valence-corrected chi connectivity index (χ1v) is 9.76. The number of nitrogens with zero attached hydrogens (tertiary/aromatic N) is 1. The number of hydrogen-bond donors (Lipinski definition) is 3. The molecule has 0 spiro atoms.